The van der Waals surface area contributed by atoms with Crippen LogP contribution in [0.25, 0.3) is 5.76 Å². The van der Waals surface area contributed by atoms with Crippen LogP contribution in [-0.4, -0.2) is 19.2 Å². The van der Waals surface area contributed by atoms with Gasteiger partial charge in [-0.3, -0.25) is 0 Å². The molecule has 5 heteroatoms. The Bertz CT molecular complexity index is 698. The first-order chi connectivity index (χ1) is 10.7. The maximum Gasteiger partial charge on any atom is 0.341 e. The average Bonchev–Trinajstić information content (AvgIpc) is 2.93. The van der Waals surface area contributed by atoms with Crippen molar-refractivity contribution in [3.05, 3.63) is 71.8 Å². The summed E-state index contributed by atoms with van der Waals surface area (Å²) < 4.78 is 4.86. The molecule has 0 aromatic heterocycles. The Hall–Kier alpha value is -2.79. The van der Waals surface area contributed by atoms with Crippen LogP contribution >= 0.6 is 0 Å². The van der Waals surface area contributed by atoms with Crippen LogP contribution in [0.3, 0.4) is 0 Å². The maximum atomic E-state index is 12.1. The molecule has 2 N–H and O–H groups in total. The molecular formula is C17H16N2O3. The van der Waals surface area contributed by atoms with Crippen molar-refractivity contribution in [1.29, 1.82) is 0 Å². The van der Waals surface area contributed by atoms with E-state index < -0.39 is 12.1 Å². The van der Waals surface area contributed by atoms with Gasteiger partial charge in [-0.2, -0.15) is 5.06 Å². The van der Waals surface area contributed by atoms with Crippen molar-refractivity contribution in [3.63, 3.8) is 0 Å². The summed E-state index contributed by atoms with van der Waals surface area (Å²) in [5.41, 5.74) is 8.05. The molecule has 0 saturated carbocycles. The number of esters is 1. The number of benzene rings is 2. The Morgan fingerprint density at radius 3 is 2.27 bits per heavy atom. The second kappa shape index (κ2) is 5.91. The van der Waals surface area contributed by atoms with Gasteiger partial charge in [-0.05, 0) is 12.1 Å². The van der Waals surface area contributed by atoms with Crippen molar-refractivity contribution in [2.24, 2.45) is 5.73 Å². The van der Waals surface area contributed by atoms with Gasteiger partial charge < -0.3 is 15.3 Å². The summed E-state index contributed by atoms with van der Waals surface area (Å²) >= 11 is 0. The molecule has 0 saturated heterocycles. The predicted octanol–water partition coefficient (Wildman–Crippen LogP) is 2.31. The van der Waals surface area contributed by atoms with Crippen LogP contribution in [0, 0.1) is 0 Å². The van der Waals surface area contributed by atoms with Crippen LogP contribution in [0.1, 0.15) is 5.56 Å². The Balaban J connectivity index is 2.04. The highest BCUT2D eigenvalue weighted by molar-refractivity contribution is 5.99. The van der Waals surface area contributed by atoms with Crippen molar-refractivity contribution in [2.75, 3.05) is 12.2 Å². The van der Waals surface area contributed by atoms with E-state index in [2.05, 4.69) is 0 Å². The van der Waals surface area contributed by atoms with Crippen LogP contribution < -0.4 is 10.8 Å². The number of ether oxygens (including phenoxy) is 1. The quantitative estimate of drug-likeness (QED) is 0.881. The summed E-state index contributed by atoms with van der Waals surface area (Å²) in [7, 11) is 1.33. The number of nitrogens with two attached hydrogens (primary N) is 1. The zero-order valence-electron chi connectivity index (χ0n) is 12.1. The lowest BCUT2D eigenvalue weighted by atomic mass is 10.1. The first-order valence-corrected chi connectivity index (χ1v) is 6.88. The summed E-state index contributed by atoms with van der Waals surface area (Å²) in [4.78, 5) is 18.0. The fourth-order valence-electron chi connectivity index (χ4n) is 2.37. The van der Waals surface area contributed by atoms with Crippen LogP contribution in [0.2, 0.25) is 0 Å². The van der Waals surface area contributed by atoms with Crippen LogP contribution in [0.4, 0.5) is 5.69 Å². The maximum absolute atomic E-state index is 12.1. The second-order valence-corrected chi connectivity index (χ2v) is 4.80. The minimum atomic E-state index is -0.731. The summed E-state index contributed by atoms with van der Waals surface area (Å²) in [5.74, 6) is -0.0754. The van der Waals surface area contributed by atoms with Crippen molar-refractivity contribution < 1.29 is 14.4 Å². The standard InChI is InChI=1S/C17H16N2O3/c1-21-17(20)14-15(12-8-4-2-5-9-12)22-19(16(14)18)13-10-6-3-7-11-13/h2-11,16H,18H2,1H3/t16-/m0/s1. The zero-order chi connectivity index (χ0) is 15.5. The lowest BCUT2D eigenvalue weighted by Crippen LogP contribution is -2.40. The minimum absolute atomic E-state index is 0.303. The molecule has 1 aliphatic heterocycles. The molecule has 0 bridgehead atoms. The van der Waals surface area contributed by atoms with Gasteiger partial charge in [0.2, 0.25) is 0 Å². The first-order valence-electron chi connectivity index (χ1n) is 6.88. The first kappa shape index (κ1) is 14.2. The fraction of sp³-hybridized carbons (Fsp3) is 0.118. The molecule has 5 nitrogen and oxygen atoms in total. The summed E-state index contributed by atoms with van der Waals surface area (Å²) in [6.07, 6.45) is -0.731. The number of carbonyl (C=O) groups is 1. The van der Waals surface area contributed by atoms with Crippen molar-refractivity contribution >= 4 is 17.4 Å². The molecule has 1 atom stereocenters. The van der Waals surface area contributed by atoms with Gasteiger partial charge in [0.1, 0.15) is 5.57 Å². The number of hydrogen-bond donors (Lipinski definition) is 1. The number of para-hydroxylation sites is 1. The van der Waals surface area contributed by atoms with Gasteiger partial charge in [-0.1, -0.05) is 48.5 Å². The summed E-state index contributed by atoms with van der Waals surface area (Å²) in [5, 5.41) is 1.51. The number of hydrogen-bond acceptors (Lipinski definition) is 5. The van der Waals surface area contributed by atoms with E-state index in [1.165, 1.54) is 12.2 Å². The van der Waals surface area contributed by atoms with Crippen LogP contribution in [-0.2, 0) is 14.4 Å². The largest absolute Gasteiger partial charge is 0.465 e. The summed E-state index contributed by atoms with van der Waals surface area (Å²) in [6.45, 7) is 0. The SMILES string of the molecule is COC(=O)C1=C(c2ccccc2)ON(c2ccccc2)[C@@H]1N. The Kier molecular flexibility index (Phi) is 3.80. The molecule has 0 unspecified atom stereocenters. The number of rotatable bonds is 3. The predicted molar refractivity (Wildman–Crippen MR) is 83.4 cm³/mol. The van der Waals surface area contributed by atoms with E-state index in [0.29, 0.717) is 11.3 Å². The zero-order valence-corrected chi connectivity index (χ0v) is 12.1. The van der Waals surface area contributed by atoms with E-state index in [-0.39, 0.29) is 0 Å². The molecule has 22 heavy (non-hydrogen) atoms. The van der Waals surface area contributed by atoms with Gasteiger partial charge in [0.05, 0.1) is 12.8 Å². The average molecular weight is 296 g/mol. The van der Waals surface area contributed by atoms with Gasteiger partial charge in [0, 0.05) is 5.56 Å². The molecule has 2 aromatic rings. The molecule has 0 radical (unpaired) electrons. The second-order valence-electron chi connectivity index (χ2n) is 4.80. The van der Waals surface area contributed by atoms with E-state index in [4.69, 9.17) is 15.3 Å². The van der Waals surface area contributed by atoms with E-state index in [9.17, 15) is 4.79 Å². The van der Waals surface area contributed by atoms with Crippen LogP contribution in [0.15, 0.2) is 66.2 Å². The Labute approximate surface area is 128 Å². The molecule has 1 heterocycles. The molecule has 2 aromatic carbocycles. The highest BCUT2D eigenvalue weighted by Crippen LogP contribution is 2.34. The third-order valence-electron chi connectivity index (χ3n) is 3.43. The molecule has 0 aliphatic carbocycles. The van der Waals surface area contributed by atoms with Crippen LogP contribution in [0.5, 0.6) is 0 Å². The van der Waals surface area contributed by atoms with Gasteiger partial charge in [-0.15, -0.1) is 0 Å². The van der Waals surface area contributed by atoms with Gasteiger partial charge in [-0.25, -0.2) is 4.79 Å². The molecule has 3 rings (SSSR count). The van der Waals surface area contributed by atoms with Crippen molar-refractivity contribution in [2.45, 2.75) is 6.17 Å². The van der Waals surface area contributed by atoms with Gasteiger partial charge in [0.15, 0.2) is 11.9 Å². The van der Waals surface area contributed by atoms with E-state index in [1.807, 2.05) is 60.7 Å². The molecule has 0 fully saturated rings. The van der Waals surface area contributed by atoms with Crippen molar-refractivity contribution in [1.82, 2.24) is 0 Å². The number of carbonyl (C=O) groups excluding carboxylic acids is 1. The number of hydroxylamine groups is 1. The van der Waals surface area contributed by atoms with Crippen molar-refractivity contribution in [3.8, 4) is 0 Å². The minimum Gasteiger partial charge on any atom is -0.465 e. The highest BCUT2D eigenvalue weighted by Gasteiger charge is 2.38. The number of methoxy groups -OCH3 is 1. The monoisotopic (exact) mass is 296 g/mol. The smallest absolute Gasteiger partial charge is 0.341 e. The highest BCUT2D eigenvalue weighted by atomic mass is 16.7. The molecule has 112 valence electrons. The lowest BCUT2D eigenvalue weighted by molar-refractivity contribution is -0.136. The van der Waals surface area contributed by atoms with Gasteiger partial charge in [0.25, 0.3) is 0 Å². The Morgan fingerprint density at radius 2 is 1.68 bits per heavy atom. The topological polar surface area (TPSA) is 64.8 Å². The van der Waals surface area contributed by atoms with E-state index in [0.717, 1.165) is 11.3 Å². The molecule has 0 amide bonds. The van der Waals surface area contributed by atoms with Gasteiger partial charge >= 0.3 is 5.97 Å². The molecule has 0 spiro atoms. The normalized spacial score (nSPS) is 17.4. The van der Waals surface area contributed by atoms with E-state index >= 15 is 0 Å². The number of anilines is 1. The number of nitrogens with zero attached hydrogens (tertiary/aromatic N) is 1. The third-order valence-corrected chi connectivity index (χ3v) is 3.43. The summed E-state index contributed by atoms with van der Waals surface area (Å²) in [6, 6.07) is 18.7. The Morgan fingerprint density at radius 1 is 1.09 bits per heavy atom. The molecular weight excluding hydrogens is 280 g/mol. The third kappa shape index (κ3) is 2.42. The molecule has 1 aliphatic rings. The fourth-order valence-corrected chi connectivity index (χ4v) is 2.37. The lowest BCUT2D eigenvalue weighted by Gasteiger charge is -2.22. The van der Waals surface area contributed by atoms with E-state index in [1.54, 1.807) is 0 Å².